The monoisotopic (exact) mass is 383 g/mol. The highest BCUT2D eigenvalue weighted by Crippen LogP contribution is 2.35. The predicted molar refractivity (Wildman–Crippen MR) is 109 cm³/mol. The van der Waals surface area contributed by atoms with Crippen molar-refractivity contribution in [1.29, 1.82) is 0 Å². The molecule has 2 aromatic rings. The van der Waals surface area contributed by atoms with Crippen molar-refractivity contribution in [2.75, 3.05) is 36.1 Å². The predicted octanol–water partition coefficient (Wildman–Crippen LogP) is 3.32. The molecule has 0 aliphatic carbocycles. The second-order valence-corrected chi connectivity index (χ2v) is 7.60. The zero-order valence-corrected chi connectivity index (χ0v) is 15.6. The van der Waals surface area contributed by atoms with E-state index in [1.165, 1.54) is 22.3 Å². The molecular formula is C19H17N3O2S2. The lowest BCUT2D eigenvalue weighted by molar-refractivity contribution is -0.113. The zero-order chi connectivity index (χ0) is 17.9. The lowest BCUT2D eigenvalue weighted by atomic mass is 10.1. The molecule has 5 nitrogen and oxygen atoms in total. The van der Waals surface area contributed by atoms with E-state index in [0.717, 1.165) is 31.9 Å². The number of anilines is 2. The zero-order valence-electron chi connectivity index (χ0n) is 14.0. The molecular weight excluding hydrogens is 366 g/mol. The van der Waals surface area contributed by atoms with Crippen LogP contribution in [-0.2, 0) is 9.53 Å². The maximum absolute atomic E-state index is 12.7. The molecule has 7 heteroatoms. The first-order valence-corrected chi connectivity index (χ1v) is 9.55. The molecule has 26 heavy (non-hydrogen) atoms. The van der Waals surface area contributed by atoms with Crippen molar-refractivity contribution in [3.63, 3.8) is 0 Å². The number of carbonyl (C=O) groups excluding carboxylic acids is 1. The molecule has 0 bridgehead atoms. The number of rotatable bonds is 3. The van der Waals surface area contributed by atoms with Crippen LogP contribution in [0.2, 0.25) is 0 Å². The highest BCUT2D eigenvalue weighted by molar-refractivity contribution is 8.27. The highest BCUT2D eigenvalue weighted by Gasteiger charge is 2.33. The number of ether oxygens (including phenoxy) is 1. The number of amides is 1. The summed E-state index contributed by atoms with van der Waals surface area (Å²) in [6.45, 7) is 3.34. The molecule has 2 aliphatic heterocycles. The third-order valence-corrected chi connectivity index (χ3v) is 5.57. The lowest BCUT2D eigenvalue weighted by Gasteiger charge is -2.28. The van der Waals surface area contributed by atoms with Crippen LogP contribution in [0.4, 0.5) is 11.4 Å². The number of thiocarbonyl (C=S) groups is 1. The Balaban J connectivity index is 1.53. The Bertz CT molecular complexity index is 847. The van der Waals surface area contributed by atoms with Crippen LogP contribution in [-0.4, -0.2) is 41.5 Å². The van der Waals surface area contributed by atoms with Crippen LogP contribution >= 0.6 is 24.0 Å². The summed E-state index contributed by atoms with van der Waals surface area (Å²) in [6.07, 6.45) is 5.20. The summed E-state index contributed by atoms with van der Waals surface area (Å²) in [4.78, 5) is 21.3. The van der Waals surface area contributed by atoms with Gasteiger partial charge in [-0.3, -0.25) is 14.7 Å². The summed E-state index contributed by atoms with van der Waals surface area (Å²) >= 11 is 6.70. The molecule has 2 saturated heterocycles. The molecule has 0 atom stereocenters. The Morgan fingerprint density at radius 2 is 1.88 bits per heavy atom. The number of aromatic nitrogens is 1. The van der Waals surface area contributed by atoms with E-state index in [0.29, 0.717) is 14.9 Å². The number of hydrogen-bond acceptors (Lipinski definition) is 6. The Morgan fingerprint density at radius 1 is 1.12 bits per heavy atom. The fourth-order valence-corrected chi connectivity index (χ4v) is 4.23. The second kappa shape index (κ2) is 7.57. The molecule has 0 unspecified atom stereocenters. The molecule has 2 aliphatic rings. The van der Waals surface area contributed by atoms with Gasteiger partial charge in [0, 0.05) is 25.0 Å². The normalized spacial score (nSPS) is 19.5. The third kappa shape index (κ3) is 3.51. The summed E-state index contributed by atoms with van der Waals surface area (Å²) < 4.78 is 5.92. The maximum atomic E-state index is 12.7. The fourth-order valence-electron chi connectivity index (χ4n) is 2.93. The van der Waals surface area contributed by atoms with Gasteiger partial charge in [-0.25, -0.2) is 0 Å². The van der Waals surface area contributed by atoms with E-state index in [-0.39, 0.29) is 5.91 Å². The van der Waals surface area contributed by atoms with Gasteiger partial charge in [-0.15, -0.1) is 0 Å². The van der Waals surface area contributed by atoms with Crippen LogP contribution in [0.15, 0.2) is 53.7 Å². The Labute approximate surface area is 161 Å². The Hall–Kier alpha value is -2.22. The number of hydrogen-bond donors (Lipinski definition) is 0. The van der Waals surface area contributed by atoms with Crippen molar-refractivity contribution >= 4 is 51.7 Å². The minimum atomic E-state index is -0.106. The van der Waals surface area contributed by atoms with Crippen LogP contribution in [0.25, 0.3) is 6.08 Å². The number of pyridine rings is 1. The average molecular weight is 383 g/mol. The van der Waals surface area contributed by atoms with Crippen LogP contribution in [0.5, 0.6) is 0 Å². The standard InChI is InChI=1S/C19H17N3O2S2/c23-18-17(26-19(25)22(18)16-2-1-7-20-13-16)12-14-3-5-15(6-4-14)21-8-10-24-11-9-21/h1-7,12-13H,8-11H2/b17-12-. The van der Waals surface area contributed by atoms with Crippen molar-refractivity contribution in [1.82, 2.24) is 4.98 Å². The second-order valence-electron chi connectivity index (χ2n) is 5.92. The van der Waals surface area contributed by atoms with Gasteiger partial charge >= 0.3 is 0 Å². The first kappa shape index (κ1) is 17.2. The summed E-state index contributed by atoms with van der Waals surface area (Å²) in [5, 5.41) is 0. The first-order chi connectivity index (χ1) is 12.7. The SMILES string of the molecule is O=C1/C(=C/c2ccc(N3CCOCC3)cc2)SC(=S)N1c1cccnc1. The smallest absolute Gasteiger partial charge is 0.270 e. The summed E-state index contributed by atoms with van der Waals surface area (Å²) in [7, 11) is 0. The van der Waals surface area contributed by atoms with Crippen LogP contribution in [0.3, 0.4) is 0 Å². The molecule has 132 valence electrons. The number of carbonyl (C=O) groups is 1. The van der Waals surface area contributed by atoms with E-state index in [9.17, 15) is 4.79 Å². The van der Waals surface area contributed by atoms with Gasteiger partial charge in [-0.05, 0) is 35.9 Å². The van der Waals surface area contributed by atoms with E-state index < -0.39 is 0 Å². The van der Waals surface area contributed by atoms with Crippen molar-refractivity contribution in [2.45, 2.75) is 0 Å². The Kier molecular flexibility index (Phi) is 5.01. The van der Waals surface area contributed by atoms with Crippen LogP contribution in [0, 0.1) is 0 Å². The van der Waals surface area contributed by atoms with E-state index in [1.807, 2.05) is 24.3 Å². The largest absolute Gasteiger partial charge is 0.378 e. The van der Waals surface area contributed by atoms with Gasteiger partial charge < -0.3 is 9.64 Å². The minimum Gasteiger partial charge on any atom is -0.378 e. The lowest BCUT2D eigenvalue weighted by Crippen LogP contribution is -2.36. The molecule has 0 N–H and O–H groups in total. The number of morpholine rings is 1. The first-order valence-electron chi connectivity index (χ1n) is 8.33. The van der Waals surface area contributed by atoms with Gasteiger partial charge in [0.05, 0.1) is 30.0 Å². The number of thioether (sulfide) groups is 1. The van der Waals surface area contributed by atoms with Gasteiger partial charge in [0.2, 0.25) is 0 Å². The van der Waals surface area contributed by atoms with Crippen molar-refractivity contribution in [3.05, 3.63) is 59.3 Å². The van der Waals surface area contributed by atoms with Crippen molar-refractivity contribution in [3.8, 4) is 0 Å². The average Bonchev–Trinajstić information content (AvgIpc) is 2.97. The molecule has 1 aromatic heterocycles. The molecule has 3 heterocycles. The fraction of sp³-hybridized carbons (Fsp3) is 0.211. The van der Waals surface area contributed by atoms with Gasteiger partial charge in [-0.2, -0.15) is 0 Å². The Morgan fingerprint density at radius 3 is 2.58 bits per heavy atom. The number of nitrogens with zero attached hydrogens (tertiary/aromatic N) is 3. The summed E-state index contributed by atoms with van der Waals surface area (Å²) in [5.41, 5.74) is 2.85. The van der Waals surface area contributed by atoms with Gasteiger partial charge in [0.1, 0.15) is 0 Å². The van der Waals surface area contributed by atoms with Crippen LogP contribution in [0.1, 0.15) is 5.56 Å². The molecule has 1 amide bonds. The minimum absolute atomic E-state index is 0.106. The third-order valence-electron chi connectivity index (χ3n) is 4.26. The summed E-state index contributed by atoms with van der Waals surface area (Å²) in [6, 6.07) is 11.8. The molecule has 0 spiro atoms. The van der Waals surface area contributed by atoms with Gasteiger partial charge in [-0.1, -0.05) is 36.1 Å². The molecule has 0 saturated carbocycles. The van der Waals surface area contributed by atoms with Crippen LogP contribution < -0.4 is 9.80 Å². The topological polar surface area (TPSA) is 45.7 Å². The molecule has 1 aromatic carbocycles. The van der Waals surface area contributed by atoms with Crippen molar-refractivity contribution in [2.24, 2.45) is 0 Å². The molecule has 2 fully saturated rings. The van der Waals surface area contributed by atoms with E-state index in [2.05, 4.69) is 22.0 Å². The van der Waals surface area contributed by atoms with Gasteiger partial charge in [0.25, 0.3) is 5.91 Å². The quantitative estimate of drug-likeness (QED) is 0.599. The van der Waals surface area contributed by atoms with E-state index >= 15 is 0 Å². The maximum Gasteiger partial charge on any atom is 0.270 e. The highest BCUT2D eigenvalue weighted by atomic mass is 32.2. The molecule has 4 rings (SSSR count). The van der Waals surface area contributed by atoms with E-state index in [1.54, 1.807) is 18.5 Å². The number of benzene rings is 1. The van der Waals surface area contributed by atoms with E-state index in [4.69, 9.17) is 17.0 Å². The van der Waals surface area contributed by atoms with Gasteiger partial charge in [0.15, 0.2) is 4.32 Å². The molecule has 0 radical (unpaired) electrons. The van der Waals surface area contributed by atoms with Crippen molar-refractivity contribution < 1.29 is 9.53 Å². The summed E-state index contributed by atoms with van der Waals surface area (Å²) in [5.74, 6) is -0.106.